The topological polar surface area (TPSA) is 67.9 Å². The highest BCUT2D eigenvalue weighted by atomic mass is 79.9. The van der Waals surface area contributed by atoms with Crippen molar-refractivity contribution in [1.82, 2.24) is 0 Å². The molecule has 1 N–H and O–H groups in total. The van der Waals surface area contributed by atoms with Gasteiger partial charge in [-0.2, -0.15) is 0 Å². The minimum absolute atomic E-state index is 0.0418. The lowest BCUT2D eigenvalue weighted by Crippen LogP contribution is -2.27. The molecule has 5 rings (SSSR count). The largest absolute Gasteiger partial charge is 0.454 e. The summed E-state index contributed by atoms with van der Waals surface area (Å²) in [5, 5.41) is 2.76. The summed E-state index contributed by atoms with van der Waals surface area (Å²) in [6, 6.07) is 20.4. The Morgan fingerprint density at radius 3 is 2.61 bits per heavy atom. The van der Waals surface area contributed by atoms with E-state index in [1.807, 2.05) is 60.7 Å². The summed E-state index contributed by atoms with van der Waals surface area (Å²) >= 11 is 4.97. The molecule has 0 bridgehead atoms. The summed E-state index contributed by atoms with van der Waals surface area (Å²) in [6.45, 7) is 0.192. The molecule has 31 heavy (non-hydrogen) atoms. The lowest BCUT2D eigenvalue weighted by molar-refractivity contribution is -0.115. The number of benzene rings is 3. The molecule has 0 saturated carbocycles. The van der Waals surface area contributed by atoms with Gasteiger partial charge in [0.25, 0.3) is 5.91 Å². The van der Waals surface area contributed by atoms with Gasteiger partial charge in [-0.25, -0.2) is 0 Å². The second kappa shape index (κ2) is 8.28. The van der Waals surface area contributed by atoms with Crippen molar-refractivity contribution >= 4 is 50.9 Å². The molecule has 0 aliphatic carbocycles. The van der Waals surface area contributed by atoms with E-state index >= 15 is 0 Å². The minimum Gasteiger partial charge on any atom is -0.454 e. The molecule has 1 fully saturated rings. The first-order valence-corrected chi connectivity index (χ1v) is 11.4. The van der Waals surface area contributed by atoms with Gasteiger partial charge in [0.1, 0.15) is 5.37 Å². The highest BCUT2D eigenvalue weighted by molar-refractivity contribution is 9.10. The maximum atomic E-state index is 12.6. The van der Waals surface area contributed by atoms with Crippen LogP contribution in [0.25, 0.3) is 0 Å². The van der Waals surface area contributed by atoms with Gasteiger partial charge in [0.2, 0.25) is 12.7 Å². The monoisotopic (exact) mass is 496 g/mol. The van der Waals surface area contributed by atoms with Crippen molar-refractivity contribution in [2.24, 2.45) is 0 Å². The van der Waals surface area contributed by atoms with Gasteiger partial charge in [-0.15, -0.1) is 11.8 Å². The van der Waals surface area contributed by atoms with E-state index in [2.05, 4.69) is 21.2 Å². The summed E-state index contributed by atoms with van der Waals surface area (Å²) in [7, 11) is 0. The summed E-state index contributed by atoms with van der Waals surface area (Å²) in [5.41, 5.74) is 3.01. The van der Waals surface area contributed by atoms with Gasteiger partial charge < -0.3 is 14.8 Å². The number of thioether (sulfide) groups is 1. The number of nitrogens with zero attached hydrogens (tertiary/aromatic N) is 1. The molecule has 0 aromatic heterocycles. The van der Waals surface area contributed by atoms with Gasteiger partial charge in [0, 0.05) is 21.9 Å². The van der Waals surface area contributed by atoms with Crippen molar-refractivity contribution < 1.29 is 19.1 Å². The lowest BCUT2D eigenvalue weighted by Gasteiger charge is -2.24. The van der Waals surface area contributed by atoms with Crippen molar-refractivity contribution in [1.29, 1.82) is 0 Å². The predicted molar refractivity (Wildman–Crippen MR) is 124 cm³/mol. The van der Waals surface area contributed by atoms with Crippen LogP contribution >= 0.6 is 27.7 Å². The average Bonchev–Trinajstić information content (AvgIpc) is 3.40. The molecule has 3 aromatic carbocycles. The maximum absolute atomic E-state index is 12.6. The molecule has 3 aromatic rings. The molecule has 2 aliphatic rings. The van der Waals surface area contributed by atoms with Gasteiger partial charge >= 0.3 is 0 Å². The third-order valence-electron chi connectivity index (χ3n) is 5.07. The molecule has 1 atom stereocenters. The number of hydrogen-bond acceptors (Lipinski definition) is 5. The van der Waals surface area contributed by atoms with E-state index < -0.39 is 0 Å². The Morgan fingerprint density at radius 2 is 1.81 bits per heavy atom. The van der Waals surface area contributed by atoms with Gasteiger partial charge in [-0.05, 0) is 57.9 Å². The van der Waals surface area contributed by atoms with Crippen LogP contribution in [0.15, 0.2) is 71.2 Å². The fourth-order valence-corrected chi connectivity index (χ4v) is 5.20. The predicted octanol–water partition coefficient (Wildman–Crippen LogP) is 5.21. The summed E-state index contributed by atoms with van der Waals surface area (Å²) < 4.78 is 11.6. The van der Waals surface area contributed by atoms with E-state index in [0.29, 0.717) is 28.5 Å². The summed E-state index contributed by atoms with van der Waals surface area (Å²) in [5.74, 6) is 1.59. The van der Waals surface area contributed by atoms with Gasteiger partial charge in [-0.1, -0.05) is 24.3 Å². The van der Waals surface area contributed by atoms with Gasteiger partial charge in [-0.3, -0.25) is 14.5 Å². The normalized spacial score (nSPS) is 17.1. The number of carbonyl (C=O) groups is 2. The van der Waals surface area contributed by atoms with Gasteiger partial charge in [0.15, 0.2) is 11.5 Å². The van der Waals surface area contributed by atoms with E-state index in [1.54, 1.807) is 22.7 Å². The van der Waals surface area contributed by atoms with Crippen LogP contribution in [0.2, 0.25) is 0 Å². The molecule has 6 nitrogen and oxygen atoms in total. The number of rotatable bonds is 4. The number of fused-ring (bicyclic) bond motifs is 1. The molecule has 8 heteroatoms. The lowest BCUT2D eigenvalue weighted by atomic mass is 10.1. The molecule has 2 heterocycles. The van der Waals surface area contributed by atoms with Crippen LogP contribution in [0.1, 0.15) is 21.3 Å². The number of amides is 2. The molecule has 2 amide bonds. The Hall–Kier alpha value is -2.97. The number of hydrogen-bond donors (Lipinski definition) is 1. The van der Waals surface area contributed by atoms with E-state index in [1.165, 1.54) is 0 Å². The van der Waals surface area contributed by atoms with E-state index in [0.717, 1.165) is 15.7 Å². The van der Waals surface area contributed by atoms with Crippen LogP contribution < -0.4 is 19.7 Å². The first kappa shape index (κ1) is 20.0. The first-order chi connectivity index (χ1) is 15.1. The maximum Gasteiger partial charge on any atom is 0.256 e. The second-order valence-corrected chi connectivity index (χ2v) is 8.94. The average molecular weight is 497 g/mol. The van der Waals surface area contributed by atoms with Crippen LogP contribution in [0.4, 0.5) is 11.4 Å². The Labute approximate surface area is 191 Å². The minimum atomic E-state index is -0.187. The Bertz CT molecular complexity index is 1170. The number of halogens is 1. The Kier molecular flexibility index (Phi) is 5.33. The molecule has 156 valence electrons. The zero-order chi connectivity index (χ0) is 21.4. The molecule has 0 spiro atoms. The van der Waals surface area contributed by atoms with Crippen LogP contribution in [-0.4, -0.2) is 24.4 Å². The highest BCUT2D eigenvalue weighted by Crippen LogP contribution is 2.44. The highest BCUT2D eigenvalue weighted by Gasteiger charge is 2.34. The third-order valence-corrected chi connectivity index (χ3v) is 6.98. The van der Waals surface area contributed by atoms with Crippen LogP contribution in [0, 0.1) is 0 Å². The third kappa shape index (κ3) is 3.88. The number of ether oxygens (including phenoxy) is 2. The summed E-state index contributed by atoms with van der Waals surface area (Å²) in [6.07, 6.45) is 0. The number of carbonyl (C=O) groups excluding carboxylic acids is 2. The molecular formula is C23H17BrN2O4S. The fourth-order valence-electron chi connectivity index (χ4n) is 3.56. The van der Waals surface area contributed by atoms with Crippen molar-refractivity contribution in [2.75, 3.05) is 22.8 Å². The molecule has 2 aliphatic heterocycles. The summed E-state index contributed by atoms with van der Waals surface area (Å²) in [4.78, 5) is 26.9. The van der Waals surface area contributed by atoms with E-state index in [9.17, 15) is 9.59 Å². The van der Waals surface area contributed by atoms with Crippen molar-refractivity contribution in [3.63, 3.8) is 0 Å². The zero-order valence-corrected chi connectivity index (χ0v) is 18.6. The van der Waals surface area contributed by atoms with Crippen molar-refractivity contribution in [3.8, 4) is 11.5 Å². The zero-order valence-electron chi connectivity index (χ0n) is 16.2. The van der Waals surface area contributed by atoms with Crippen molar-refractivity contribution in [2.45, 2.75) is 5.37 Å². The molecule has 0 radical (unpaired) electrons. The SMILES string of the molecule is O=C(Nc1ccc(C2SCC(=O)N2c2ccc3c(c2)OCO3)cc1)c1ccccc1Br. The van der Waals surface area contributed by atoms with Crippen LogP contribution in [-0.2, 0) is 4.79 Å². The quantitative estimate of drug-likeness (QED) is 0.536. The second-order valence-electron chi connectivity index (χ2n) is 7.02. The first-order valence-electron chi connectivity index (χ1n) is 9.59. The standard InChI is InChI=1S/C23H17BrN2O4S/c24-18-4-2-1-3-17(18)22(28)25-15-7-5-14(6-8-15)23-26(21(27)12-31-23)16-9-10-19-20(11-16)30-13-29-19/h1-11,23H,12-13H2,(H,25,28). The van der Waals surface area contributed by atoms with E-state index in [4.69, 9.17) is 9.47 Å². The molecular weight excluding hydrogens is 480 g/mol. The number of anilines is 2. The van der Waals surface area contributed by atoms with E-state index in [-0.39, 0.29) is 24.0 Å². The number of nitrogens with one attached hydrogen (secondary N) is 1. The molecule has 1 saturated heterocycles. The molecule has 1 unspecified atom stereocenters. The smallest absolute Gasteiger partial charge is 0.256 e. The van der Waals surface area contributed by atoms with Crippen molar-refractivity contribution in [3.05, 3.63) is 82.3 Å². The van der Waals surface area contributed by atoms with Gasteiger partial charge in [0.05, 0.1) is 11.3 Å². The Balaban J connectivity index is 1.35. The van der Waals surface area contributed by atoms with Crippen LogP contribution in [0.3, 0.4) is 0 Å². The fraction of sp³-hybridized carbons (Fsp3) is 0.130. The van der Waals surface area contributed by atoms with Crippen LogP contribution in [0.5, 0.6) is 11.5 Å². The Morgan fingerprint density at radius 1 is 1.03 bits per heavy atom.